The first-order valence-corrected chi connectivity index (χ1v) is 12.1. The number of nitrogens with zero attached hydrogens (tertiary/aromatic N) is 2. The Morgan fingerprint density at radius 1 is 1.08 bits per heavy atom. The van der Waals surface area contributed by atoms with Crippen LogP contribution in [0, 0.1) is 0 Å². The number of carbonyl (C=O) groups is 3. The van der Waals surface area contributed by atoms with Gasteiger partial charge in [-0.2, -0.15) is 13.2 Å². The van der Waals surface area contributed by atoms with Gasteiger partial charge in [-0.3, -0.25) is 14.5 Å². The van der Waals surface area contributed by atoms with Crippen LogP contribution in [0.2, 0.25) is 0 Å². The first-order chi connectivity index (χ1) is 17.5. The van der Waals surface area contributed by atoms with Crippen molar-refractivity contribution in [2.75, 3.05) is 13.1 Å². The number of carbonyl (C=O) groups excluding carboxylic acids is 3. The Kier molecular flexibility index (Phi) is 7.29. The molecule has 2 aliphatic rings. The molecule has 0 radical (unpaired) electrons. The predicted octanol–water partition coefficient (Wildman–Crippen LogP) is 4.02. The maximum atomic E-state index is 13.9. The Hall–Kier alpha value is -3.82. The van der Waals surface area contributed by atoms with Gasteiger partial charge >= 0.3 is 12.2 Å². The normalized spacial score (nSPS) is 18.7. The quantitative estimate of drug-likeness (QED) is 0.586. The number of rotatable bonds is 7. The smallest absolute Gasteiger partial charge is 0.352 e. The monoisotopic (exact) mass is 514 g/mol. The van der Waals surface area contributed by atoms with Crippen LogP contribution in [0.15, 0.2) is 65.9 Å². The van der Waals surface area contributed by atoms with Crippen LogP contribution in [0.5, 0.6) is 0 Å². The Morgan fingerprint density at radius 3 is 2.35 bits per heavy atom. The van der Waals surface area contributed by atoms with Crippen LogP contribution in [-0.2, 0) is 22.2 Å². The number of hydrogen-bond donors (Lipinski definition) is 2. The second kappa shape index (κ2) is 10.3. The van der Waals surface area contributed by atoms with Crippen molar-refractivity contribution in [1.82, 2.24) is 20.4 Å². The van der Waals surface area contributed by atoms with E-state index in [0.717, 1.165) is 11.6 Å². The molecule has 0 aromatic heterocycles. The molecule has 4 rings (SSSR count). The molecule has 7 nitrogen and oxygen atoms in total. The zero-order chi connectivity index (χ0) is 26.9. The van der Waals surface area contributed by atoms with Crippen molar-refractivity contribution in [2.45, 2.75) is 51.5 Å². The minimum atomic E-state index is -4.68. The van der Waals surface area contributed by atoms with Gasteiger partial charge in [0.2, 0.25) is 5.91 Å². The van der Waals surface area contributed by atoms with Gasteiger partial charge in [-0.15, -0.1) is 0 Å². The lowest BCUT2D eigenvalue weighted by molar-refractivity contribution is -0.138. The molecule has 37 heavy (non-hydrogen) atoms. The molecule has 0 fully saturated rings. The summed E-state index contributed by atoms with van der Waals surface area (Å²) in [4.78, 5) is 42.8. The summed E-state index contributed by atoms with van der Waals surface area (Å²) in [5, 5.41) is 5.45. The van der Waals surface area contributed by atoms with Gasteiger partial charge in [-0.05, 0) is 38.0 Å². The lowest BCUT2D eigenvalue weighted by Gasteiger charge is -2.33. The molecule has 0 saturated carbocycles. The number of alkyl halides is 3. The Morgan fingerprint density at radius 2 is 1.73 bits per heavy atom. The van der Waals surface area contributed by atoms with E-state index < -0.39 is 35.8 Å². The molecule has 2 heterocycles. The average molecular weight is 515 g/mol. The maximum absolute atomic E-state index is 13.9. The van der Waals surface area contributed by atoms with Gasteiger partial charge in [-0.1, -0.05) is 48.5 Å². The van der Waals surface area contributed by atoms with Crippen LogP contribution in [-0.4, -0.2) is 52.8 Å². The highest BCUT2D eigenvalue weighted by Gasteiger charge is 2.48. The fourth-order valence-corrected chi connectivity index (χ4v) is 4.90. The maximum Gasteiger partial charge on any atom is 0.416 e. The molecule has 2 aromatic rings. The van der Waals surface area contributed by atoms with E-state index in [9.17, 15) is 27.6 Å². The number of amides is 4. The van der Waals surface area contributed by atoms with Crippen molar-refractivity contribution in [3.8, 4) is 0 Å². The molecule has 4 amide bonds. The fourth-order valence-electron chi connectivity index (χ4n) is 4.90. The van der Waals surface area contributed by atoms with Crippen molar-refractivity contribution in [1.29, 1.82) is 0 Å². The minimum Gasteiger partial charge on any atom is -0.352 e. The third-order valence-electron chi connectivity index (χ3n) is 6.52. The van der Waals surface area contributed by atoms with Gasteiger partial charge < -0.3 is 15.5 Å². The SMILES string of the molecule is CCN1C(=O)NC(c2ccccc2C(F)(F)F)C2=C1CN(C(Cc1ccccc1)C(=O)NC(C)C)C2=O. The Balaban J connectivity index is 1.78. The van der Waals surface area contributed by atoms with Crippen LogP contribution < -0.4 is 10.6 Å². The lowest BCUT2D eigenvalue weighted by atomic mass is 9.91. The van der Waals surface area contributed by atoms with Gasteiger partial charge in [0.25, 0.3) is 5.91 Å². The Bertz CT molecular complexity index is 1230. The first kappa shape index (κ1) is 26.2. The number of likely N-dealkylation sites (N-methyl/N-ethyl adjacent to an activating group) is 1. The summed E-state index contributed by atoms with van der Waals surface area (Å²) in [6, 6.07) is 11.1. The number of benzene rings is 2. The van der Waals surface area contributed by atoms with E-state index in [1.165, 1.54) is 28.0 Å². The predicted molar refractivity (Wildman–Crippen MR) is 131 cm³/mol. The summed E-state index contributed by atoms with van der Waals surface area (Å²) >= 11 is 0. The van der Waals surface area contributed by atoms with E-state index in [1.807, 2.05) is 30.3 Å². The topological polar surface area (TPSA) is 81.8 Å². The van der Waals surface area contributed by atoms with Crippen LogP contribution in [0.25, 0.3) is 0 Å². The van der Waals surface area contributed by atoms with Crippen LogP contribution >= 0.6 is 0 Å². The van der Waals surface area contributed by atoms with E-state index >= 15 is 0 Å². The molecule has 0 saturated heterocycles. The zero-order valence-electron chi connectivity index (χ0n) is 20.8. The van der Waals surface area contributed by atoms with Gasteiger partial charge in [0.05, 0.1) is 29.4 Å². The Labute approximate surface area is 213 Å². The van der Waals surface area contributed by atoms with Crippen molar-refractivity contribution < 1.29 is 27.6 Å². The van der Waals surface area contributed by atoms with Gasteiger partial charge in [0, 0.05) is 19.0 Å². The number of urea groups is 1. The van der Waals surface area contributed by atoms with E-state index in [2.05, 4.69) is 10.6 Å². The average Bonchev–Trinajstić information content (AvgIpc) is 3.18. The number of halogens is 3. The minimum absolute atomic E-state index is 0.0496. The standard InChI is InChI=1S/C27H29F3N4O3/c1-4-33-21-15-34(20(24(35)31-16(2)3)14-17-10-6-5-7-11-17)25(36)22(21)23(32-26(33)37)18-12-8-9-13-19(18)27(28,29)30/h5-13,16,20,23H,4,14-15H2,1-3H3,(H,31,35)(H,32,37). The number of nitrogens with one attached hydrogen (secondary N) is 2. The molecule has 0 aliphatic carbocycles. The second-order valence-electron chi connectivity index (χ2n) is 9.37. The van der Waals surface area contributed by atoms with Gasteiger partial charge in [0.1, 0.15) is 6.04 Å². The summed E-state index contributed by atoms with van der Waals surface area (Å²) < 4.78 is 41.6. The second-order valence-corrected chi connectivity index (χ2v) is 9.37. The summed E-state index contributed by atoms with van der Waals surface area (Å²) in [6.45, 7) is 5.47. The third-order valence-corrected chi connectivity index (χ3v) is 6.52. The van der Waals surface area contributed by atoms with Gasteiger partial charge in [-0.25, -0.2) is 4.79 Å². The highest BCUT2D eigenvalue weighted by molar-refractivity contribution is 6.03. The summed E-state index contributed by atoms with van der Waals surface area (Å²) in [7, 11) is 0. The first-order valence-electron chi connectivity index (χ1n) is 12.1. The van der Waals surface area contributed by atoms with Crippen molar-refractivity contribution >= 4 is 17.8 Å². The molecule has 2 aromatic carbocycles. The highest BCUT2D eigenvalue weighted by Crippen LogP contribution is 2.42. The summed E-state index contributed by atoms with van der Waals surface area (Å²) in [6.07, 6.45) is -4.47. The van der Waals surface area contributed by atoms with Crippen LogP contribution in [0.1, 0.15) is 43.5 Å². The van der Waals surface area contributed by atoms with E-state index in [-0.39, 0.29) is 42.6 Å². The molecule has 2 aliphatic heterocycles. The zero-order valence-corrected chi connectivity index (χ0v) is 20.8. The molecule has 196 valence electrons. The van der Waals surface area contributed by atoms with Gasteiger partial charge in [0.15, 0.2) is 0 Å². The van der Waals surface area contributed by atoms with E-state index in [1.54, 1.807) is 20.8 Å². The fraction of sp³-hybridized carbons (Fsp3) is 0.370. The highest BCUT2D eigenvalue weighted by atomic mass is 19.4. The lowest BCUT2D eigenvalue weighted by Crippen LogP contribution is -2.51. The largest absolute Gasteiger partial charge is 0.416 e. The molecular formula is C27H29F3N4O3. The molecule has 0 bridgehead atoms. The molecule has 10 heteroatoms. The summed E-state index contributed by atoms with van der Waals surface area (Å²) in [5.41, 5.74) is 0.0431. The molecule has 0 spiro atoms. The van der Waals surface area contributed by atoms with Crippen LogP contribution in [0.3, 0.4) is 0 Å². The van der Waals surface area contributed by atoms with Crippen molar-refractivity contribution in [3.05, 3.63) is 82.6 Å². The third kappa shape index (κ3) is 5.19. The molecule has 2 N–H and O–H groups in total. The number of hydrogen-bond acceptors (Lipinski definition) is 3. The molecular weight excluding hydrogens is 485 g/mol. The van der Waals surface area contributed by atoms with E-state index in [0.29, 0.717) is 5.70 Å². The van der Waals surface area contributed by atoms with Crippen molar-refractivity contribution in [2.24, 2.45) is 0 Å². The van der Waals surface area contributed by atoms with E-state index in [4.69, 9.17) is 0 Å². The van der Waals surface area contributed by atoms with Crippen LogP contribution in [0.4, 0.5) is 18.0 Å². The summed E-state index contributed by atoms with van der Waals surface area (Å²) in [5.74, 6) is -0.947. The molecule has 2 atom stereocenters. The molecule has 2 unspecified atom stereocenters. The van der Waals surface area contributed by atoms with Crippen molar-refractivity contribution in [3.63, 3.8) is 0 Å².